The van der Waals surface area contributed by atoms with Crippen LogP contribution in [-0.4, -0.2) is 66.1 Å². The number of carboxylic acid groups (broad SMARTS) is 1. The minimum absolute atomic E-state index is 0.0379. The molecule has 5 rings (SSSR count). The van der Waals surface area contributed by atoms with E-state index in [0.717, 1.165) is 24.3 Å². The maximum Gasteiger partial charge on any atom is 0.416 e. The molecule has 2 aliphatic rings. The van der Waals surface area contributed by atoms with Gasteiger partial charge in [0, 0.05) is 32.1 Å². The number of anilines is 3. The average molecular weight is 710 g/mol. The third kappa shape index (κ3) is 8.57. The van der Waals surface area contributed by atoms with Crippen LogP contribution in [-0.2, 0) is 33.2 Å². The van der Waals surface area contributed by atoms with Crippen LogP contribution < -0.4 is 14.7 Å². The van der Waals surface area contributed by atoms with Crippen molar-refractivity contribution in [2.24, 2.45) is 0 Å². The van der Waals surface area contributed by atoms with Crippen molar-refractivity contribution in [3.05, 3.63) is 76.6 Å². The second-order valence-corrected chi connectivity index (χ2v) is 12.2. The first-order valence-corrected chi connectivity index (χ1v) is 16.1. The Hall–Kier alpha value is -4.60. The summed E-state index contributed by atoms with van der Waals surface area (Å²) in [5.74, 6) is -1.00. The molecule has 1 amide bonds. The summed E-state index contributed by atoms with van der Waals surface area (Å²) in [7, 11) is 0. The molecule has 3 heterocycles. The normalized spacial score (nSPS) is 18.1. The number of halogens is 6. The molecular formula is C34H37F6N5O5. The number of benzene rings is 2. The molecule has 270 valence electrons. The number of amides is 1. The lowest BCUT2D eigenvalue weighted by Gasteiger charge is -2.44. The summed E-state index contributed by atoms with van der Waals surface area (Å²) >= 11 is 0. The molecule has 10 nitrogen and oxygen atoms in total. The van der Waals surface area contributed by atoms with E-state index >= 15 is 0 Å². The minimum Gasteiger partial charge on any atom is -0.481 e. The van der Waals surface area contributed by atoms with Crippen molar-refractivity contribution >= 4 is 29.4 Å². The zero-order valence-corrected chi connectivity index (χ0v) is 27.4. The average Bonchev–Trinajstić information content (AvgIpc) is 3.07. The van der Waals surface area contributed by atoms with E-state index < -0.39 is 47.6 Å². The molecule has 0 radical (unpaired) electrons. The van der Waals surface area contributed by atoms with Crippen molar-refractivity contribution in [2.75, 3.05) is 47.6 Å². The number of aryl methyl sites for hydroxylation is 1. The monoisotopic (exact) mass is 709 g/mol. The van der Waals surface area contributed by atoms with Crippen LogP contribution in [0.3, 0.4) is 0 Å². The number of carbonyl (C=O) groups is 2. The van der Waals surface area contributed by atoms with Crippen LogP contribution in [0.15, 0.2) is 48.8 Å². The molecule has 0 aliphatic carbocycles. The van der Waals surface area contributed by atoms with Gasteiger partial charge in [0.15, 0.2) is 0 Å². The van der Waals surface area contributed by atoms with Gasteiger partial charge in [-0.25, -0.2) is 14.8 Å². The van der Waals surface area contributed by atoms with Gasteiger partial charge in [-0.1, -0.05) is 18.6 Å². The first-order chi connectivity index (χ1) is 23.7. The van der Waals surface area contributed by atoms with Gasteiger partial charge in [0.1, 0.15) is 0 Å². The van der Waals surface area contributed by atoms with Gasteiger partial charge in [-0.05, 0) is 67.6 Å². The van der Waals surface area contributed by atoms with Gasteiger partial charge in [-0.3, -0.25) is 9.69 Å². The molecule has 1 fully saturated rings. The standard InChI is InChI=1S/C34H37F6N5O5/c1-3-25-17-29(27-16-23(33(35,36)37)6-7-28(27)45(25)32(48)50-10-4-5-30(46)47)44(20-22-13-21(2)14-24(15-22)34(38,39)40)31-41-18-26(19-42-31)43-8-11-49-12-9-43/h6-7,13-16,18-19,25,29H,3-5,8-12,17,20H2,1-2H3,(H,46,47)/t25-,29+/m1/s1. The highest BCUT2D eigenvalue weighted by atomic mass is 19.4. The van der Waals surface area contributed by atoms with E-state index in [1.54, 1.807) is 30.3 Å². The fraction of sp³-hybridized carbons (Fsp3) is 0.471. The molecule has 0 unspecified atom stereocenters. The first kappa shape index (κ1) is 36.7. The number of hydrogen-bond donors (Lipinski definition) is 1. The maximum absolute atomic E-state index is 14.1. The van der Waals surface area contributed by atoms with E-state index in [4.69, 9.17) is 14.6 Å². The maximum atomic E-state index is 14.1. The number of aliphatic carboxylic acids is 1. The van der Waals surface area contributed by atoms with Gasteiger partial charge < -0.3 is 24.4 Å². The van der Waals surface area contributed by atoms with Crippen molar-refractivity contribution in [1.29, 1.82) is 0 Å². The Morgan fingerprint density at radius 2 is 1.68 bits per heavy atom. The molecule has 1 N–H and O–H groups in total. The molecule has 16 heteroatoms. The fourth-order valence-corrected chi connectivity index (χ4v) is 6.33. The van der Waals surface area contributed by atoms with Gasteiger partial charge in [-0.2, -0.15) is 26.3 Å². The van der Waals surface area contributed by atoms with E-state index in [-0.39, 0.29) is 55.2 Å². The second-order valence-electron chi connectivity index (χ2n) is 12.2. The summed E-state index contributed by atoms with van der Waals surface area (Å²) in [6.07, 6.45) is -6.92. The molecule has 0 bridgehead atoms. The van der Waals surface area contributed by atoms with Gasteiger partial charge >= 0.3 is 24.4 Å². The molecular weight excluding hydrogens is 672 g/mol. The number of nitrogens with zero attached hydrogens (tertiary/aromatic N) is 5. The fourth-order valence-electron chi connectivity index (χ4n) is 6.33. The molecule has 2 aliphatic heterocycles. The third-order valence-corrected chi connectivity index (χ3v) is 8.71. The summed E-state index contributed by atoms with van der Waals surface area (Å²) in [4.78, 5) is 38.3. The second kappa shape index (κ2) is 15.1. The Bertz CT molecular complexity index is 1660. The predicted molar refractivity (Wildman–Crippen MR) is 171 cm³/mol. The Balaban J connectivity index is 1.61. The van der Waals surface area contributed by atoms with Crippen LogP contribution in [0.1, 0.15) is 66.5 Å². The van der Waals surface area contributed by atoms with Gasteiger partial charge in [0.05, 0.1) is 60.8 Å². The molecule has 50 heavy (non-hydrogen) atoms. The molecule has 3 aromatic rings. The van der Waals surface area contributed by atoms with Crippen molar-refractivity contribution < 1.29 is 50.5 Å². The summed E-state index contributed by atoms with van der Waals surface area (Å²) in [6, 6.07) is 5.01. The lowest BCUT2D eigenvalue weighted by atomic mass is 9.87. The zero-order valence-electron chi connectivity index (χ0n) is 27.4. The Kier molecular flexibility index (Phi) is 11.1. The number of carboxylic acids is 1. The molecule has 2 atom stereocenters. The van der Waals surface area contributed by atoms with Crippen LogP contribution in [0.2, 0.25) is 0 Å². The van der Waals surface area contributed by atoms with Crippen molar-refractivity contribution in [3.63, 3.8) is 0 Å². The number of ether oxygens (including phenoxy) is 2. The summed E-state index contributed by atoms with van der Waals surface area (Å²) in [5, 5.41) is 8.94. The first-order valence-electron chi connectivity index (χ1n) is 16.1. The quantitative estimate of drug-likeness (QED) is 0.170. The smallest absolute Gasteiger partial charge is 0.416 e. The number of morpholine rings is 1. The molecule has 0 spiro atoms. The Morgan fingerprint density at radius 3 is 2.30 bits per heavy atom. The summed E-state index contributed by atoms with van der Waals surface area (Å²) < 4.78 is 94.8. The van der Waals surface area contributed by atoms with Crippen LogP contribution in [0.4, 0.5) is 48.5 Å². The van der Waals surface area contributed by atoms with Gasteiger partial charge in [0.2, 0.25) is 5.95 Å². The number of fused-ring (bicyclic) bond motifs is 1. The van der Waals surface area contributed by atoms with E-state index in [9.17, 15) is 35.9 Å². The minimum atomic E-state index is -4.75. The van der Waals surface area contributed by atoms with E-state index in [2.05, 4.69) is 9.97 Å². The Morgan fingerprint density at radius 1 is 1.00 bits per heavy atom. The molecule has 1 saturated heterocycles. The van der Waals surface area contributed by atoms with E-state index in [1.807, 2.05) is 4.90 Å². The molecule has 2 aromatic carbocycles. The number of alkyl halides is 6. The highest BCUT2D eigenvalue weighted by Gasteiger charge is 2.42. The van der Waals surface area contributed by atoms with Crippen molar-refractivity contribution in [2.45, 2.75) is 70.5 Å². The van der Waals surface area contributed by atoms with Crippen molar-refractivity contribution in [3.8, 4) is 0 Å². The topological polar surface area (TPSA) is 108 Å². The van der Waals surface area contributed by atoms with Crippen LogP contribution in [0.25, 0.3) is 0 Å². The van der Waals surface area contributed by atoms with Crippen molar-refractivity contribution in [1.82, 2.24) is 9.97 Å². The van der Waals surface area contributed by atoms with E-state index in [0.29, 0.717) is 44.0 Å². The summed E-state index contributed by atoms with van der Waals surface area (Å²) in [6.45, 7) is 5.07. The third-order valence-electron chi connectivity index (χ3n) is 8.71. The van der Waals surface area contributed by atoms with Gasteiger partial charge in [-0.15, -0.1) is 0 Å². The van der Waals surface area contributed by atoms with Crippen LogP contribution >= 0.6 is 0 Å². The lowest BCUT2D eigenvalue weighted by molar-refractivity contribution is -0.138. The van der Waals surface area contributed by atoms with Gasteiger partial charge in [0.25, 0.3) is 0 Å². The number of carbonyl (C=O) groups excluding carboxylic acids is 1. The highest BCUT2D eigenvalue weighted by molar-refractivity contribution is 5.90. The van der Waals surface area contributed by atoms with Crippen LogP contribution in [0.5, 0.6) is 0 Å². The number of rotatable bonds is 10. The highest BCUT2D eigenvalue weighted by Crippen LogP contribution is 2.46. The van der Waals surface area contributed by atoms with Crippen LogP contribution in [0, 0.1) is 6.92 Å². The largest absolute Gasteiger partial charge is 0.481 e. The molecule has 0 saturated carbocycles. The lowest BCUT2D eigenvalue weighted by Crippen LogP contribution is -2.48. The summed E-state index contributed by atoms with van der Waals surface area (Å²) in [5.41, 5.74) is -0.397. The Labute approximate surface area is 284 Å². The number of hydrogen-bond acceptors (Lipinski definition) is 8. The zero-order chi connectivity index (χ0) is 36.2. The predicted octanol–water partition coefficient (Wildman–Crippen LogP) is 7.40. The SMILES string of the molecule is CC[C@@H]1C[C@H](N(Cc2cc(C)cc(C(F)(F)F)c2)c2ncc(N3CCOCC3)cn2)c2cc(C(F)(F)F)ccc2N1C(=O)OCCCC(=O)O. The van der Waals surface area contributed by atoms with E-state index in [1.165, 1.54) is 17.9 Å². The molecule has 1 aromatic heterocycles. The number of aromatic nitrogens is 2.